The number of amides is 1. The molecule has 0 unspecified atom stereocenters. The van der Waals surface area contributed by atoms with Gasteiger partial charge in [-0.25, -0.2) is 0 Å². The van der Waals surface area contributed by atoms with Crippen LogP contribution in [0.5, 0.6) is 0 Å². The smallest absolute Gasteiger partial charge is 0.241 e. The molecule has 1 aromatic heterocycles. The zero-order chi connectivity index (χ0) is 21.0. The number of nitrogens with one attached hydrogen (secondary N) is 1. The van der Waals surface area contributed by atoms with E-state index in [2.05, 4.69) is 10.4 Å². The van der Waals surface area contributed by atoms with E-state index >= 15 is 0 Å². The summed E-state index contributed by atoms with van der Waals surface area (Å²) in [5.74, 6) is 0.0385. The Morgan fingerprint density at radius 1 is 1.03 bits per heavy atom. The highest BCUT2D eigenvalue weighted by atomic mass is 35.5. The van der Waals surface area contributed by atoms with Crippen LogP contribution in [0.1, 0.15) is 35.4 Å². The summed E-state index contributed by atoms with van der Waals surface area (Å²) in [5.41, 5.74) is 4.17. The average Bonchev–Trinajstić information content (AvgIpc) is 2.98. The number of carbonyl (C=O) groups excluding carboxylic acids is 1. The van der Waals surface area contributed by atoms with Crippen LogP contribution in [0.2, 0.25) is 10.0 Å². The molecule has 2 aromatic carbocycles. The summed E-state index contributed by atoms with van der Waals surface area (Å²) in [7, 11) is 0. The third-order valence-corrected chi connectivity index (χ3v) is 5.56. The van der Waals surface area contributed by atoms with Crippen LogP contribution in [0, 0.1) is 13.8 Å². The Kier molecular flexibility index (Phi) is 6.99. The molecule has 0 saturated carbocycles. The van der Waals surface area contributed by atoms with Crippen LogP contribution < -0.4 is 5.32 Å². The van der Waals surface area contributed by atoms with Crippen molar-refractivity contribution in [1.82, 2.24) is 15.1 Å². The van der Waals surface area contributed by atoms with Crippen LogP contribution in [0.3, 0.4) is 0 Å². The number of hydrogen-bond acceptors (Lipinski definition) is 2. The van der Waals surface area contributed by atoms with Crippen LogP contribution in [-0.4, -0.2) is 21.7 Å². The number of aromatic nitrogens is 2. The maximum atomic E-state index is 12.7. The Morgan fingerprint density at radius 2 is 1.62 bits per heavy atom. The molecule has 1 amide bonds. The fraction of sp³-hybridized carbons (Fsp3) is 0.304. The number of rotatable bonds is 7. The van der Waals surface area contributed by atoms with Gasteiger partial charge in [0.25, 0.3) is 0 Å². The van der Waals surface area contributed by atoms with Gasteiger partial charge in [-0.2, -0.15) is 5.10 Å². The zero-order valence-electron chi connectivity index (χ0n) is 16.8. The van der Waals surface area contributed by atoms with Gasteiger partial charge in [0.15, 0.2) is 0 Å². The lowest BCUT2D eigenvalue weighted by Crippen LogP contribution is -2.40. The Balaban J connectivity index is 1.76. The normalized spacial score (nSPS) is 13.1. The molecule has 3 aromatic rings. The minimum atomic E-state index is -0.0729. The van der Waals surface area contributed by atoms with Gasteiger partial charge in [-0.15, -0.1) is 0 Å². The van der Waals surface area contributed by atoms with Gasteiger partial charge in [0.05, 0.1) is 5.69 Å². The maximum Gasteiger partial charge on any atom is 0.241 e. The van der Waals surface area contributed by atoms with E-state index in [0.717, 1.165) is 28.9 Å². The quantitative estimate of drug-likeness (QED) is 0.550. The van der Waals surface area contributed by atoms with Crippen LogP contribution in [0.25, 0.3) is 0 Å². The molecule has 3 rings (SSSR count). The third-order valence-electron chi connectivity index (χ3n) is 5.06. The van der Waals surface area contributed by atoms with Gasteiger partial charge in [0, 0.05) is 27.7 Å². The second kappa shape index (κ2) is 9.47. The third kappa shape index (κ3) is 5.84. The van der Waals surface area contributed by atoms with Gasteiger partial charge in [-0.1, -0.05) is 47.5 Å². The molecule has 0 bridgehead atoms. The standard InChI is InChI=1S/C23H25Cl2N3O/c1-15-12-16(2)28(27-15)14-23(29)26-17(3)22(19-6-10-21(25)11-7-19)13-18-4-8-20(24)9-5-18/h4-12,17,22H,13-14H2,1-3H3,(H,26,29)/t17-,22+/m1/s1. The second-order valence-electron chi connectivity index (χ2n) is 7.43. The van der Waals surface area contributed by atoms with E-state index in [9.17, 15) is 4.79 Å². The molecule has 6 heteroatoms. The highest BCUT2D eigenvalue weighted by Gasteiger charge is 2.22. The van der Waals surface area contributed by atoms with E-state index in [1.54, 1.807) is 4.68 Å². The SMILES string of the molecule is Cc1cc(C)n(CC(=O)N[C@H](C)[C@H](Cc2ccc(Cl)cc2)c2ccc(Cl)cc2)n1. The molecule has 0 radical (unpaired) electrons. The summed E-state index contributed by atoms with van der Waals surface area (Å²) in [6.07, 6.45) is 0.778. The number of hydrogen-bond donors (Lipinski definition) is 1. The van der Waals surface area contributed by atoms with E-state index in [0.29, 0.717) is 10.0 Å². The summed E-state index contributed by atoms with van der Waals surface area (Å²) in [4.78, 5) is 12.7. The molecular weight excluding hydrogens is 405 g/mol. The van der Waals surface area contributed by atoms with Crippen molar-refractivity contribution in [2.75, 3.05) is 0 Å². The van der Waals surface area contributed by atoms with Crippen molar-refractivity contribution in [3.63, 3.8) is 0 Å². The number of carbonyl (C=O) groups is 1. The van der Waals surface area contributed by atoms with Gasteiger partial charge < -0.3 is 5.32 Å². The van der Waals surface area contributed by atoms with Crippen molar-refractivity contribution in [3.8, 4) is 0 Å². The summed E-state index contributed by atoms with van der Waals surface area (Å²) in [6.45, 7) is 6.12. The fourth-order valence-corrected chi connectivity index (χ4v) is 3.79. The Bertz CT molecular complexity index is 965. The minimum Gasteiger partial charge on any atom is -0.351 e. The van der Waals surface area contributed by atoms with Crippen molar-refractivity contribution < 1.29 is 4.79 Å². The van der Waals surface area contributed by atoms with Crippen molar-refractivity contribution in [2.45, 2.75) is 45.7 Å². The first kappa shape index (κ1) is 21.4. The lowest BCUT2D eigenvalue weighted by Gasteiger charge is -2.26. The molecule has 29 heavy (non-hydrogen) atoms. The van der Waals surface area contributed by atoms with Crippen molar-refractivity contribution in [1.29, 1.82) is 0 Å². The molecule has 0 aliphatic rings. The largest absolute Gasteiger partial charge is 0.351 e. The first-order valence-electron chi connectivity index (χ1n) is 9.62. The van der Waals surface area contributed by atoms with Gasteiger partial charge in [-0.05, 0) is 68.7 Å². The average molecular weight is 430 g/mol. The van der Waals surface area contributed by atoms with E-state index < -0.39 is 0 Å². The Hall–Kier alpha value is -2.30. The summed E-state index contributed by atoms with van der Waals surface area (Å²) in [5, 5.41) is 8.93. The molecule has 0 aliphatic carbocycles. The molecule has 0 spiro atoms. The second-order valence-corrected chi connectivity index (χ2v) is 8.30. The fourth-order valence-electron chi connectivity index (χ4n) is 3.54. The van der Waals surface area contributed by atoms with E-state index in [1.165, 1.54) is 0 Å². The summed E-state index contributed by atoms with van der Waals surface area (Å²) in [6, 6.07) is 17.5. The molecule has 152 valence electrons. The topological polar surface area (TPSA) is 46.9 Å². The Labute approximate surface area is 181 Å². The van der Waals surface area contributed by atoms with Gasteiger partial charge in [0.2, 0.25) is 5.91 Å². The molecule has 1 N–H and O–H groups in total. The predicted molar refractivity (Wildman–Crippen MR) is 119 cm³/mol. The van der Waals surface area contributed by atoms with Crippen LogP contribution in [0.15, 0.2) is 54.6 Å². The number of aryl methyl sites for hydroxylation is 2. The highest BCUT2D eigenvalue weighted by Crippen LogP contribution is 2.26. The van der Waals surface area contributed by atoms with E-state index in [1.807, 2.05) is 75.4 Å². The van der Waals surface area contributed by atoms with E-state index in [4.69, 9.17) is 23.2 Å². The van der Waals surface area contributed by atoms with Crippen molar-refractivity contribution in [2.24, 2.45) is 0 Å². The van der Waals surface area contributed by atoms with Gasteiger partial charge >= 0.3 is 0 Å². The molecule has 0 fully saturated rings. The predicted octanol–water partition coefficient (Wildman–Crippen LogP) is 5.34. The lowest BCUT2D eigenvalue weighted by molar-refractivity contribution is -0.122. The highest BCUT2D eigenvalue weighted by molar-refractivity contribution is 6.30. The maximum absolute atomic E-state index is 12.7. The van der Waals surface area contributed by atoms with Gasteiger partial charge in [-0.3, -0.25) is 9.48 Å². The lowest BCUT2D eigenvalue weighted by atomic mass is 9.86. The minimum absolute atomic E-state index is 0.0567. The molecule has 2 atom stereocenters. The summed E-state index contributed by atoms with van der Waals surface area (Å²) >= 11 is 12.1. The zero-order valence-corrected chi connectivity index (χ0v) is 18.3. The van der Waals surface area contributed by atoms with Crippen molar-refractivity contribution >= 4 is 29.1 Å². The molecule has 0 saturated heterocycles. The summed E-state index contributed by atoms with van der Waals surface area (Å²) < 4.78 is 1.73. The number of benzene rings is 2. The first-order valence-corrected chi connectivity index (χ1v) is 10.4. The molecule has 0 aliphatic heterocycles. The molecular formula is C23H25Cl2N3O. The Morgan fingerprint density at radius 3 is 2.17 bits per heavy atom. The van der Waals surface area contributed by atoms with E-state index in [-0.39, 0.29) is 24.4 Å². The number of halogens is 2. The molecule has 1 heterocycles. The van der Waals surface area contributed by atoms with Gasteiger partial charge in [0.1, 0.15) is 6.54 Å². The van der Waals surface area contributed by atoms with Crippen LogP contribution >= 0.6 is 23.2 Å². The number of nitrogens with zero attached hydrogens (tertiary/aromatic N) is 2. The molecule has 4 nitrogen and oxygen atoms in total. The van der Waals surface area contributed by atoms with Crippen molar-refractivity contribution in [3.05, 3.63) is 87.2 Å². The van der Waals surface area contributed by atoms with Crippen LogP contribution in [-0.2, 0) is 17.8 Å². The monoisotopic (exact) mass is 429 g/mol. The first-order chi connectivity index (χ1) is 13.8. The van der Waals surface area contributed by atoms with Crippen LogP contribution in [0.4, 0.5) is 0 Å².